The molecule has 1 aliphatic carbocycles. The first-order valence-corrected chi connectivity index (χ1v) is 8.20. The minimum Gasteiger partial charge on any atom is -0.478 e. The molecule has 1 spiro atoms. The average Bonchev–Trinajstić information content (AvgIpc) is 3.08. The summed E-state index contributed by atoms with van der Waals surface area (Å²) >= 11 is 0. The molecule has 0 bridgehead atoms. The van der Waals surface area contributed by atoms with Gasteiger partial charge >= 0.3 is 5.97 Å². The predicted octanol–water partition coefficient (Wildman–Crippen LogP) is 3.74. The summed E-state index contributed by atoms with van der Waals surface area (Å²) in [6.07, 6.45) is 0.695. The number of benzene rings is 2. The van der Waals surface area contributed by atoms with E-state index in [1.807, 2.05) is 13.8 Å². The van der Waals surface area contributed by atoms with Gasteiger partial charge in [-0.1, -0.05) is 26.0 Å². The zero-order valence-corrected chi connectivity index (χ0v) is 14.0. The number of fused-ring (bicyclic) bond motifs is 2. The van der Waals surface area contributed by atoms with E-state index < -0.39 is 11.4 Å². The number of rotatable bonds is 3. The molecule has 1 saturated carbocycles. The summed E-state index contributed by atoms with van der Waals surface area (Å²) in [5.74, 6) is -1.38. The Balaban J connectivity index is 1.76. The van der Waals surface area contributed by atoms with Crippen molar-refractivity contribution in [3.05, 3.63) is 65.0 Å². The third-order valence-electron chi connectivity index (χ3n) is 5.57. The molecule has 4 rings (SSSR count). The zero-order chi connectivity index (χ0) is 18.0. The molecule has 1 fully saturated rings. The number of anilines is 1. The van der Waals surface area contributed by atoms with Crippen molar-refractivity contribution in [3.63, 3.8) is 0 Å². The predicted molar refractivity (Wildman–Crippen MR) is 91.1 cm³/mol. The van der Waals surface area contributed by atoms with Gasteiger partial charge in [-0.25, -0.2) is 9.18 Å². The molecule has 2 aromatic carbocycles. The molecule has 25 heavy (non-hydrogen) atoms. The van der Waals surface area contributed by atoms with E-state index in [9.17, 15) is 14.0 Å². The van der Waals surface area contributed by atoms with Gasteiger partial charge in [0.1, 0.15) is 5.82 Å². The van der Waals surface area contributed by atoms with E-state index in [0.29, 0.717) is 6.42 Å². The van der Waals surface area contributed by atoms with Crippen LogP contribution in [0.3, 0.4) is 0 Å². The second-order valence-corrected chi connectivity index (χ2v) is 7.52. The second kappa shape index (κ2) is 4.91. The average molecular weight is 339 g/mol. The third-order valence-corrected chi connectivity index (χ3v) is 5.57. The Morgan fingerprint density at radius 3 is 2.60 bits per heavy atom. The highest BCUT2D eigenvalue weighted by Crippen LogP contribution is 2.69. The number of aromatic carboxylic acids is 1. The molecule has 0 aromatic heterocycles. The first kappa shape index (κ1) is 15.8. The van der Waals surface area contributed by atoms with Crippen LogP contribution in [0.1, 0.15) is 41.8 Å². The lowest BCUT2D eigenvalue weighted by atomic mass is 9.89. The number of nitrogens with zero attached hydrogens (tertiary/aromatic N) is 1. The fourth-order valence-corrected chi connectivity index (χ4v) is 4.13. The highest BCUT2D eigenvalue weighted by molar-refractivity contribution is 6.11. The van der Waals surface area contributed by atoms with Crippen LogP contribution in [0.4, 0.5) is 10.1 Å². The molecule has 1 amide bonds. The van der Waals surface area contributed by atoms with E-state index in [4.69, 9.17) is 5.11 Å². The minimum absolute atomic E-state index is 0.0289. The Bertz CT molecular complexity index is 921. The summed E-state index contributed by atoms with van der Waals surface area (Å²) in [4.78, 5) is 26.0. The Morgan fingerprint density at radius 1 is 1.24 bits per heavy atom. The van der Waals surface area contributed by atoms with Crippen LogP contribution in [-0.4, -0.2) is 17.0 Å². The van der Waals surface area contributed by atoms with Gasteiger partial charge in [0, 0.05) is 5.69 Å². The van der Waals surface area contributed by atoms with Crippen LogP contribution in [-0.2, 0) is 16.8 Å². The van der Waals surface area contributed by atoms with Crippen molar-refractivity contribution in [3.8, 4) is 0 Å². The molecule has 1 heterocycles. The first-order chi connectivity index (χ1) is 11.8. The third kappa shape index (κ3) is 2.11. The molecule has 128 valence electrons. The van der Waals surface area contributed by atoms with Gasteiger partial charge < -0.3 is 10.0 Å². The standard InChI is InChI=1S/C20H18FNO3/c1-19(2)11-20(19)15-9-14(21)6-7-16(15)22(18(20)25)10-12-4-3-5-13(8-12)17(23)24/h3-9H,10-11H2,1-2H3,(H,23,24)/t20-/m0/s1. The summed E-state index contributed by atoms with van der Waals surface area (Å²) in [7, 11) is 0. The van der Waals surface area contributed by atoms with Gasteiger partial charge in [0.05, 0.1) is 17.5 Å². The molecule has 5 heteroatoms. The molecule has 1 atom stereocenters. The number of carbonyl (C=O) groups is 2. The molecule has 4 nitrogen and oxygen atoms in total. The number of hydrogen-bond acceptors (Lipinski definition) is 2. The topological polar surface area (TPSA) is 57.6 Å². The van der Waals surface area contributed by atoms with Gasteiger partial charge in [-0.05, 0) is 53.3 Å². The van der Waals surface area contributed by atoms with Crippen molar-refractivity contribution < 1.29 is 19.1 Å². The lowest BCUT2D eigenvalue weighted by Gasteiger charge is -2.19. The molecule has 0 radical (unpaired) electrons. The summed E-state index contributed by atoms with van der Waals surface area (Å²) < 4.78 is 13.8. The van der Waals surface area contributed by atoms with E-state index in [0.717, 1.165) is 16.8 Å². The lowest BCUT2D eigenvalue weighted by molar-refractivity contribution is -0.121. The van der Waals surface area contributed by atoms with Crippen molar-refractivity contribution in [1.82, 2.24) is 0 Å². The Hall–Kier alpha value is -2.69. The van der Waals surface area contributed by atoms with Crippen LogP contribution in [0, 0.1) is 11.2 Å². The molecular weight excluding hydrogens is 321 g/mol. The van der Waals surface area contributed by atoms with Crippen molar-refractivity contribution in [2.24, 2.45) is 5.41 Å². The molecule has 1 aliphatic heterocycles. The number of amides is 1. The number of carbonyl (C=O) groups excluding carboxylic acids is 1. The SMILES string of the molecule is CC1(C)C[C@]12C(=O)N(Cc1cccc(C(=O)O)c1)c1ccc(F)cc12. The molecule has 0 saturated heterocycles. The van der Waals surface area contributed by atoms with Gasteiger partial charge in [-0.2, -0.15) is 0 Å². The van der Waals surface area contributed by atoms with Crippen LogP contribution in [0.5, 0.6) is 0 Å². The summed E-state index contributed by atoms with van der Waals surface area (Å²) in [5.41, 5.74) is 1.53. The Morgan fingerprint density at radius 2 is 1.96 bits per heavy atom. The number of carboxylic acid groups (broad SMARTS) is 1. The number of halogens is 1. The van der Waals surface area contributed by atoms with Gasteiger partial charge in [-0.15, -0.1) is 0 Å². The molecule has 0 unspecified atom stereocenters. The maximum atomic E-state index is 13.8. The zero-order valence-electron chi connectivity index (χ0n) is 14.0. The highest BCUT2D eigenvalue weighted by atomic mass is 19.1. The molecular formula is C20H18FNO3. The molecule has 2 aromatic rings. The van der Waals surface area contributed by atoms with E-state index in [2.05, 4.69) is 0 Å². The molecule has 1 N–H and O–H groups in total. The Kier molecular flexibility index (Phi) is 3.11. The van der Waals surface area contributed by atoms with E-state index >= 15 is 0 Å². The van der Waals surface area contributed by atoms with E-state index in [1.54, 1.807) is 29.2 Å². The van der Waals surface area contributed by atoms with Crippen LogP contribution in [0.25, 0.3) is 0 Å². The van der Waals surface area contributed by atoms with Crippen molar-refractivity contribution in [2.75, 3.05) is 4.90 Å². The monoisotopic (exact) mass is 339 g/mol. The van der Waals surface area contributed by atoms with Gasteiger partial charge in [0.15, 0.2) is 0 Å². The van der Waals surface area contributed by atoms with Crippen LogP contribution < -0.4 is 4.90 Å². The quantitative estimate of drug-likeness (QED) is 0.927. The maximum Gasteiger partial charge on any atom is 0.335 e. The maximum absolute atomic E-state index is 13.8. The van der Waals surface area contributed by atoms with Crippen molar-refractivity contribution >= 4 is 17.6 Å². The van der Waals surface area contributed by atoms with Crippen LogP contribution in [0.2, 0.25) is 0 Å². The van der Waals surface area contributed by atoms with Crippen LogP contribution in [0.15, 0.2) is 42.5 Å². The van der Waals surface area contributed by atoms with Crippen molar-refractivity contribution in [2.45, 2.75) is 32.2 Å². The smallest absolute Gasteiger partial charge is 0.335 e. The van der Waals surface area contributed by atoms with Gasteiger partial charge in [0.2, 0.25) is 5.91 Å². The van der Waals surface area contributed by atoms with E-state index in [-0.39, 0.29) is 29.2 Å². The van der Waals surface area contributed by atoms with Gasteiger partial charge in [-0.3, -0.25) is 4.79 Å². The lowest BCUT2D eigenvalue weighted by Crippen LogP contribution is -2.34. The highest BCUT2D eigenvalue weighted by Gasteiger charge is 2.71. The Labute approximate surface area is 144 Å². The van der Waals surface area contributed by atoms with Gasteiger partial charge in [0.25, 0.3) is 0 Å². The largest absolute Gasteiger partial charge is 0.478 e. The van der Waals surface area contributed by atoms with E-state index in [1.165, 1.54) is 18.2 Å². The number of carboxylic acids is 1. The second-order valence-electron chi connectivity index (χ2n) is 7.52. The first-order valence-electron chi connectivity index (χ1n) is 8.20. The number of hydrogen-bond donors (Lipinski definition) is 1. The molecule has 2 aliphatic rings. The summed E-state index contributed by atoms with van der Waals surface area (Å²) in [6.45, 7) is 4.32. The summed E-state index contributed by atoms with van der Waals surface area (Å²) in [5, 5.41) is 9.15. The van der Waals surface area contributed by atoms with Crippen molar-refractivity contribution in [1.29, 1.82) is 0 Å². The fraction of sp³-hybridized carbons (Fsp3) is 0.300. The summed E-state index contributed by atoms with van der Waals surface area (Å²) in [6, 6.07) is 11.0. The van der Waals surface area contributed by atoms with Crippen LogP contribution >= 0.6 is 0 Å². The fourth-order valence-electron chi connectivity index (χ4n) is 4.13. The normalized spacial score (nSPS) is 23.0. The minimum atomic E-state index is -1.00.